The number of rotatable bonds is 1. The number of aryl methyl sites for hydroxylation is 2. The Morgan fingerprint density at radius 1 is 1.16 bits per heavy atom. The first-order valence-electron chi connectivity index (χ1n) is 6.46. The zero-order valence-electron chi connectivity index (χ0n) is 11.4. The molecule has 3 rings (SSSR count). The van der Waals surface area contributed by atoms with E-state index in [-0.39, 0.29) is 0 Å². The van der Waals surface area contributed by atoms with E-state index in [1.807, 2.05) is 19.3 Å². The highest BCUT2D eigenvalue weighted by atomic mass is 16.5. The van der Waals surface area contributed by atoms with Gasteiger partial charge in [0.05, 0.1) is 6.61 Å². The quantitative estimate of drug-likeness (QED) is 0.852. The second-order valence-electron chi connectivity index (χ2n) is 4.26. The smallest absolute Gasteiger partial charge is 0.130 e. The summed E-state index contributed by atoms with van der Waals surface area (Å²) in [6.45, 7) is 2.69. The van der Waals surface area contributed by atoms with Crippen LogP contribution in [-0.4, -0.2) is 23.6 Å². The lowest BCUT2D eigenvalue weighted by molar-refractivity contribution is 0.289. The van der Waals surface area contributed by atoms with Crippen molar-refractivity contribution in [1.29, 1.82) is 0 Å². The number of nitrogens with zero attached hydrogens (tertiary/aromatic N) is 2. The number of hydrogen-bond acceptors (Lipinski definition) is 4. The zero-order chi connectivity index (χ0) is 13.7. The van der Waals surface area contributed by atoms with Crippen LogP contribution in [0.2, 0.25) is 0 Å². The normalized spacial score (nSPS) is 12.8. The number of hydrogen-bond donors (Lipinski definition) is 1. The van der Waals surface area contributed by atoms with E-state index in [0.29, 0.717) is 0 Å². The van der Waals surface area contributed by atoms with Crippen LogP contribution in [-0.2, 0) is 6.42 Å². The van der Waals surface area contributed by atoms with E-state index in [1.54, 1.807) is 0 Å². The van der Waals surface area contributed by atoms with Gasteiger partial charge in [-0.15, -0.1) is 0 Å². The Balaban J connectivity index is 0.000000637. The highest BCUT2D eigenvalue weighted by Gasteiger charge is 2.15. The molecular formula is C15H19N3O. The standard InChI is InChI=1S/C14H14N2O.CH5N/c1-10-15-8-12(9-16-10)13-6-2-4-11-5-3-7-17-14(11)13;1-2/h2,4,6,8-9H,3,5,7H2,1H3;2H2,1H3. The van der Waals surface area contributed by atoms with Gasteiger partial charge < -0.3 is 10.5 Å². The number of nitrogens with two attached hydrogens (primary N) is 1. The fourth-order valence-corrected chi connectivity index (χ4v) is 2.15. The van der Waals surface area contributed by atoms with Crippen LogP contribution >= 0.6 is 0 Å². The molecule has 100 valence electrons. The molecule has 0 spiro atoms. The Morgan fingerprint density at radius 3 is 2.63 bits per heavy atom. The summed E-state index contributed by atoms with van der Waals surface area (Å²) in [4.78, 5) is 8.48. The summed E-state index contributed by atoms with van der Waals surface area (Å²) in [6.07, 6.45) is 5.91. The second kappa shape index (κ2) is 6.29. The third kappa shape index (κ3) is 2.90. The molecule has 1 aliphatic heterocycles. The van der Waals surface area contributed by atoms with Crippen LogP contribution in [0.4, 0.5) is 0 Å². The summed E-state index contributed by atoms with van der Waals surface area (Å²) in [6, 6.07) is 6.27. The monoisotopic (exact) mass is 257 g/mol. The first-order valence-corrected chi connectivity index (χ1v) is 6.46. The molecule has 0 saturated heterocycles. The average molecular weight is 257 g/mol. The van der Waals surface area contributed by atoms with E-state index in [9.17, 15) is 0 Å². The first-order chi connectivity index (χ1) is 9.34. The molecular weight excluding hydrogens is 238 g/mol. The summed E-state index contributed by atoms with van der Waals surface area (Å²) < 4.78 is 5.78. The molecule has 0 amide bonds. The minimum absolute atomic E-state index is 0.791. The zero-order valence-corrected chi connectivity index (χ0v) is 11.4. The van der Waals surface area contributed by atoms with E-state index in [1.165, 1.54) is 12.6 Å². The lowest BCUT2D eigenvalue weighted by Gasteiger charge is -2.20. The highest BCUT2D eigenvalue weighted by Crippen LogP contribution is 2.35. The van der Waals surface area contributed by atoms with E-state index < -0.39 is 0 Å². The van der Waals surface area contributed by atoms with Gasteiger partial charge in [-0.25, -0.2) is 9.97 Å². The average Bonchev–Trinajstić information content (AvgIpc) is 2.50. The maximum atomic E-state index is 5.78. The molecule has 0 bridgehead atoms. The SMILES string of the molecule is CN.Cc1ncc(-c2cccc3c2OCCC3)cn1. The fourth-order valence-electron chi connectivity index (χ4n) is 2.15. The largest absolute Gasteiger partial charge is 0.493 e. The van der Waals surface area contributed by atoms with Crippen LogP contribution in [0.3, 0.4) is 0 Å². The van der Waals surface area contributed by atoms with Crippen LogP contribution in [0, 0.1) is 6.92 Å². The van der Waals surface area contributed by atoms with Crippen LogP contribution in [0.25, 0.3) is 11.1 Å². The fraction of sp³-hybridized carbons (Fsp3) is 0.333. The van der Waals surface area contributed by atoms with Gasteiger partial charge in [-0.3, -0.25) is 0 Å². The molecule has 4 heteroatoms. The van der Waals surface area contributed by atoms with Gasteiger partial charge in [0.15, 0.2) is 0 Å². The summed E-state index contributed by atoms with van der Waals surface area (Å²) in [5.41, 5.74) is 7.91. The molecule has 0 radical (unpaired) electrons. The van der Waals surface area contributed by atoms with Crippen molar-refractivity contribution in [1.82, 2.24) is 9.97 Å². The molecule has 2 aromatic rings. The van der Waals surface area contributed by atoms with Crippen molar-refractivity contribution >= 4 is 0 Å². The Kier molecular flexibility index (Phi) is 4.47. The maximum Gasteiger partial charge on any atom is 0.130 e. The molecule has 2 N–H and O–H groups in total. The summed E-state index contributed by atoms with van der Waals surface area (Å²) in [5, 5.41) is 0. The van der Waals surface area contributed by atoms with Crippen LogP contribution in [0.5, 0.6) is 5.75 Å². The number of ether oxygens (including phenoxy) is 1. The van der Waals surface area contributed by atoms with Crippen molar-refractivity contribution in [3.05, 3.63) is 42.0 Å². The van der Waals surface area contributed by atoms with Gasteiger partial charge in [-0.05, 0) is 32.4 Å². The van der Waals surface area contributed by atoms with Crippen LogP contribution < -0.4 is 10.5 Å². The van der Waals surface area contributed by atoms with E-state index in [0.717, 1.165) is 42.1 Å². The molecule has 19 heavy (non-hydrogen) atoms. The summed E-state index contributed by atoms with van der Waals surface area (Å²) in [7, 11) is 1.50. The molecule has 2 heterocycles. The Morgan fingerprint density at radius 2 is 1.89 bits per heavy atom. The van der Waals surface area contributed by atoms with Crippen LogP contribution in [0.1, 0.15) is 17.8 Å². The molecule has 1 aliphatic rings. The predicted molar refractivity (Wildman–Crippen MR) is 76.1 cm³/mol. The van der Waals surface area contributed by atoms with Gasteiger partial charge in [0.1, 0.15) is 11.6 Å². The highest BCUT2D eigenvalue weighted by molar-refractivity contribution is 5.71. The Hall–Kier alpha value is -1.94. The third-order valence-electron chi connectivity index (χ3n) is 3.03. The summed E-state index contributed by atoms with van der Waals surface area (Å²) in [5.74, 6) is 1.80. The van der Waals surface area contributed by atoms with E-state index >= 15 is 0 Å². The second-order valence-corrected chi connectivity index (χ2v) is 4.26. The van der Waals surface area contributed by atoms with E-state index in [4.69, 9.17) is 4.74 Å². The minimum Gasteiger partial charge on any atom is -0.493 e. The lowest BCUT2D eigenvalue weighted by Crippen LogP contribution is -2.09. The molecule has 0 unspecified atom stereocenters. The number of benzene rings is 1. The van der Waals surface area contributed by atoms with Crippen molar-refractivity contribution in [3.63, 3.8) is 0 Å². The van der Waals surface area contributed by atoms with Crippen LogP contribution in [0.15, 0.2) is 30.6 Å². The molecule has 4 nitrogen and oxygen atoms in total. The maximum absolute atomic E-state index is 5.78. The van der Waals surface area contributed by atoms with Crippen molar-refractivity contribution in [2.24, 2.45) is 5.73 Å². The third-order valence-corrected chi connectivity index (χ3v) is 3.03. The van der Waals surface area contributed by atoms with E-state index in [2.05, 4.69) is 33.9 Å². The molecule has 0 saturated carbocycles. The van der Waals surface area contributed by atoms with Crippen molar-refractivity contribution in [2.45, 2.75) is 19.8 Å². The van der Waals surface area contributed by atoms with Gasteiger partial charge in [-0.2, -0.15) is 0 Å². The predicted octanol–water partition coefficient (Wildman–Crippen LogP) is 2.35. The minimum atomic E-state index is 0.791. The number of para-hydroxylation sites is 1. The van der Waals surface area contributed by atoms with Gasteiger partial charge in [0, 0.05) is 23.5 Å². The molecule has 0 fully saturated rings. The van der Waals surface area contributed by atoms with Gasteiger partial charge in [0.2, 0.25) is 0 Å². The Labute approximate surface area is 113 Å². The first kappa shape index (κ1) is 13.5. The molecule has 0 aliphatic carbocycles. The van der Waals surface area contributed by atoms with Gasteiger partial charge in [0.25, 0.3) is 0 Å². The number of aromatic nitrogens is 2. The molecule has 1 aromatic carbocycles. The van der Waals surface area contributed by atoms with Crippen molar-refractivity contribution in [2.75, 3.05) is 13.7 Å². The Bertz CT molecular complexity index is 538. The van der Waals surface area contributed by atoms with Gasteiger partial charge in [-0.1, -0.05) is 18.2 Å². The molecule has 0 atom stereocenters. The summed E-state index contributed by atoms with van der Waals surface area (Å²) >= 11 is 0. The van der Waals surface area contributed by atoms with Gasteiger partial charge >= 0.3 is 0 Å². The molecule has 1 aromatic heterocycles. The lowest BCUT2D eigenvalue weighted by atomic mass is 9.99. The topological polar surface area (TPSA) is 61.0 Å². The van der Waals surface area contributed by atoms with Crippen molar-refractivity contribution < 1.29 is 4.74 Å². The van der Waals surface area contributed by atoms with Crippen molar-refractivity contribution in [3.8, 4) is 16.9 Å². The number of fused-ring (bicyclic) bond motifs is 1.